The Bertz CT molecular complexity index is 450. The zero-order chi connectivity index (χ0) is 11.8. The van der Waals surface area contributed by atoms with Crippen molar-refractivity contribution in [2.24, 2.45) is 4.99 Å². The summed E-state index contributed by atoms with van der Waals surface area (Å²) >= 11 is 0. The molecule has 2 heterocycles. The molecule has 5 nitrogen and oxygen atoms in total. The van der Waals surface area contributed by atoms with E-state index >= 15 is 0 Å². The van der Waals surface area contributed by atoms with Crippen LogP contribution in [0.5, 0.6) is 0 Å². The number of aliphatic imine (C=N–C) groups is 1. The number of hydrogen-bond donors (Lipinski definition) is 2. The first-order valence-corrected chi connectivity index (χ1v) is 4.25. The van der Waals surface area contributed by atoms with E-state index in [-0.39, 0.29) is 0 Å². The predicted molar refractivity (Wildman–Crippen MR) is 48.2 cm³/mol. The molecule has 86 valence electrons. The highest BCUT2D eigenvalue weighted by Gasteiger charge is 2.36. The van der Waals surface area contributed by atoms with E-state index in [0.717, 1.165) is 0 Å². The fraction of sp³-hybridized carbons (Fsp3) is 0.250. The number of nitrogens with one attached hydrogen (secondary N) is 1. The van der Waals surface area contributed by atoms with E-state index in [0.29, 0.717) is 17.1 Å². The number of halogens is 3. The summed E-state index contributed by atoms with van der Waals surface area (Å²) in [5.41, 5.74) is -0.951. The molecular formula is C8H7F3N4O. The van der Waals surface area contributed by atoms with Gasteiger partial charge in [-0.2, -0.15) is 18.3 Å². The first kappa shape index (κ1) is 10.7. The van der Waals surface area contributed by atoms with Crippen LogP contribution in [0.2, 0.25) is 0 Å². The van der Waals surface area contributed by atoms with Crippen molar-refractivity contribution in [1.82, 2.24) is 15.1 Å². The maximum absolute atomic E-state index is 12.3. The van der Waals surface area contributed by atoms with Gasteiger partial charge in [0.05, 0.1) is 11.8 Å². The molecule has 0 radical (unpaired) electrons. The van der Waals surface area contributed by atoms with Crippen molar-refractivity contribution in [3.63, 3.8) is 0 Å². The van der Waals surface area contributed by atoms with Crippen LogP contribution >= 0.6 is 0 Å². The first-order chi connectivity index (χ1) is 7.42. The van der Waals surface area contributed by atoms with Crippen LogP contribution in [-0.4, -0.2) is 21.1 Å². The molecule has 8 heteroatoms. The van der Waals surface area contributed by atoms with Gasteiger partial charge in [0, 0.05) is 18.6 Å². The lowest BCUT2D eigenvalue weighted by molar-refractivity contribution is -0.138. The molecule has 0 aliphatic carbocycles. The quantitative estimate of drug-likeness (QED) is 0.747. The fourth-order valence-electron chi connectivity index (χ4n) is 1.15. The third-order valence-electron chi connectivity index (χ3n) is 1.94. The summed E-state index contributed by atoms with van der Waals surface area (Å²) in [5.74, 6) is -2.00. The SMILES string of the molecule is OC1(n2cc(C(F)(F)F)cn2)N=CC=CN1. The minimum absolute atomic E-state index is 0.619. The second-order valence-electron chi connectivity index (χ2n) is 3.09. The lowest BCUT2D eigenvalue weighted by Crippen LogP contribution is -2.45. The molecule has 0 aromatic carbocycles. The Kier molecular flexibility index (Phi) is 2.23. The van der Waals surface area contributed by atoms with Gasteiger partial charge in [-0.05, 0) is 6.08 Å². The minimum Gasteiger partial charge on any atom is -0.334 e. The van der Waals surface area contributed by atoms with Gasteiger partial charge >= 0.3 is 12.1 Å². The molecular weight excluding hydrogens is 225 g/mol. The standard InChI is InChI=1S/C8H7F3N4O/c9-7(10,11)6-4-14-15(5-6)8(16)12-2-1-3-13-8/h1-5,12,16H. The maximum Gasteiger partial charge on any atom is 0.419 e. The van der Waals surface area contributed by atoms with Crippen molar-refractivity contribution in [1.29, 1.82) is 0 Å². The molecule has 1 aromatic heterocycles. The van der Waals surface area contributed by atoms with E-state index in [2.05, 4.69) is 15.4 Å². The molecule has 1 unspecified atom stereocenters. The zero-order valence-electron chi connectivity index (χ0n) is 7.81. The maximum atomic E-state index is 12.3. The second-order valence-corrected chi connectivity index (χ2v) is 3.09. The molecule has 1 aliphatic rings. The zero-order valence-corrected chi connectivity index (χ0v) is 7.81. The molecule has 0 bridgehead atoms. The summed E-state index contributed by atoms with van der Waals surface area (Å²) in [5, 5.41) is 15.6. The van der Waals surface area contributed by atoms with E-state index in [1.807, 2.05) is 0 Å². The van der Waals surface area contributed by atoms with Crippen LogP contribution in [0.25, 0.3) is 0 Å². The highest BCUT2D eigenvalue weighted by Crippen LogP contribution is 2.29. The third-order valence-corrected chi connectivity index (χ3v) is 1.94. The Hall–Kier alpha value is -1.83. The van der Waals surface area contributed by atoms with Crippen LogP contribution in [0.4, 0.5) is 13.2 Å². The van der Waals surface area contributed by atoms with Crippen molar-refractivity contribution in [2.75, 3.05) is 0 Å². The Morgan fingerprint density at radius 3 is 2.69 bits per heavy atom. The number of nitrogens with zero attached hydrogens (tertiary/aromatic N) is 3. The Morgan fingerprint density at radius 2 is 2.19 bits per heavy atom. The van der Waals surface area contributed by atoms with Crippen LogP contribution in [0.3, 0.4) is 0 Å². The molecule has 2 N–H and O–H groups in total. The molecule has 0 saturated carbocycles. The van der Waals surface area contributed by atoms with Crippen molar-refractivity contribution in [3.05, 3.63) is 30.2 Å². The van der Waals surface area contributed by atoms with E-state index in [1.165, 1.54) is 18.5 Å². The van der Waals surface area contributed by atoms with Gasteiger partial charge < -0.3 is 10.4 Å². The fourth-order valence-corrected chi connectivity index (χ4v) is 1.15. The first-order valence-electron chi connectivity index (χ1n) is 4.25. The van der Waals surface area contributed by atoms with Crippen molar-refractivity contribution in [2.45, 2.75) is 12.1 Å². The molecule has 0 spiro atoms. The number of hydrogen-bond acceptors (Lipinski definition) is 4. The Labute approximate surface area is 87.9 Å². The normalized spacial score (nSPS) is 24.5. The molecule has 0 saturated heterocycles. The van der Waals surface area contributed by atoms with Gasteiger partial charge in [0.15, 0.2) is 0 Å². The predicted octanol–water partition coefficient (Wildman–Crippen LogP) is 0.650. The molecule has 1 aliphatic heterocycles. The van der Waals surface area contributed by atoms with Gasteiger partial charge in [0.2, 0.25) is 0 Å². The highest BCUT2D eigenvalue weighted by molar-refractivity contribution is 5.71. The number of allylic oxidation sites excluding steroid dienone is 1. The van der Waals surface area contributed by atoms with Gasteiger partial charge in [-0.25, -0.2) is 9.67 Å². The van der Waals surface area contributed by atoms with E-state index in [1.54, 1.807) is 0 Å². The second kappa shape index (κ2) is 3.34. The lowest BCUT2D eigenvalue weighted by Gasteiger charge is -2.25. The van der Waals surface area contributed by atoms with E-state index < -0.39 is 17.7 Å². The van der Waals surface area contributed by atoms with Gasteiger partial charge in [0.1, 0.15) is 0 Å². The molecule has 1 aromatic rings. The summed E-state index contributed by atoms with van der Waals surface area (Å²) in [6.45, 7) is 0. The molecule has 2 rings (SSSR count). The van der Waals surface area contributed by atoms with Crippen LogP contribution < -0.4 is 5.32 Å². The van der Waals surface area contributed by atoms with Crippen molar-refractivity contribution >= 4 is 6.21 Å². The number of aliphatic hydroxyl groups is 1. The summed E-state index contributed by atoms with van der Waals surface area (Å²) in [6, 6.07) is 0. The summed E-state index contributed by atoms with van der Waals surface area (Å²) in [7, 11) is 0. The van der Waals surface area contributed by atoms with Gasteiger partial charge in [-0.3, -0.25) is 0 Å². The summed E-state index contributed by atoms with van der Waals surface area (Å²) in [6.07, 6.45) is 0.885. The summed E-state index contributed by atoms with van der Waals surface area (Å²) < 4.78 is 37.5. The number of rotatable bonds is 1. The van der Waals surface area contributed by atoms with Crippen LogP contribution in [0.15, 0.2) is 29.7 Å². The van der Waals surface area contributed by atoms with Crippen LogP contribution in [0.1, 0.15) is 5.56 Å². The van der Waals surface area contributed by atoms with Gasteiger partial charge in [-0.1, -0.05) is 0 Å². The van der Waals surface area contributed by atoms with Crippen molar-refractivity contribution < 1.29 is 18.3 Å². The number of aromatic nitrogens is 2. The van der Waals surface area contributed by atoms with Gasteiger partial charge in [-0.15, -0.1) is 0 Å². The average Bonchev–Trinajstić information content (AvgIpc) is 2.67. The third kappa shape index (κ3) is 1.78. The minimum atomic E-state index is -4.50. The molecule has 0 amide bonds. The topological polar surface area (TPSA) is 62.4 Å². The molecule has 1 atom stereocenters. The monoisotopic (exact) mass is 232 g/mol. The van der Waals surface area contributed by atoms with Gasteiger partial charge in [0.25, 0.3) is 0 Å². The largest absolute Gasteiger partial charge is 0.419 e. The Balaban J connectivity index is 2.32. The summed E-state index contributed by atoms with van der Waals surface area (Å²) in [4.78, 5) is 3.59. The van der Waals surface area contributed by atoms with E-state index in [4.69, 9.17) is 0 Å². The smallest absolute Gasteiger partial charge is 0.334 e. The van der Waals surface area contributed by atoms with Crippen LogP contribution in [0, 0.1) is 0 Å². The highest BCUT2D eigenvalue weighted by atomic mass is 19.4. The Morgan fingerprint density at radius 1 is 1.44 bits per heavy atom. The molecule has 0 fully saturated rings. The van der Waals surface area contributed by atoms with Crippen molar-refractivity contribution in [3.8, 4) is 0 Å². The lowest BCUT2D eigenvalue weighted by atomic mass is 10.3. The molecule has 16 heavy (non-hydrogen) atoms. The number of alkyl halides is 3. The van der Waals surface area contributed by atoms with Crippen LogP contribution in [-0.2, 0) is 12.1 Å². The average molecular weight is 232 g/mol. The van der Waals surface area contributed by atoms with E-state index in [9.17, 15) is 18.3 Å².